The number of aromatic nitrogens is 2. The third-order valence-corrected chi connectivity index (χ3v) is 3.79. The molecule has 3 aromatic rings. The topological polar surface area (TPSA) is 44.1 Å². The van der Waals surface area contributed by atoms with E-state index in [9.17, 15) is 4.79 Å². The number of ether oxygens (including phenoxy) is 1. The molecule has 1 aromatic heterocycles. The molecule has 0 fully saturated rings. The predicted molar refractivity (Wildman–Crippen MR) is 93.3 cm³/mol. The fourth-order valence-electron chi connectivity index (χ4n) is 2.46. The van der Waals surface area contributed by atoms with Crippen LogP contribution in [0.2, 0.25) is 0 Å². The van der Waals surface area contributed by atoms with E-state index in [0.29, 0.717) is 17.7 Å². The molecule has 24 heavy (non-hydrogen) atoms. The number of benzene rings is 2. The Morgan fingerprint density at radius 3 is 2.42 bits per heavy atom. The lowest BCUT2D eigenvalue weighted by Crippen LogP contribution is -2.02. The molecular formula is C20H20N2O2. The van der Waals surface area contributed by atoms with Crippen LogP contribution in [-0.4, -0.2) is 21.9 Å². The molecule has 1 heterocycles. The van der Waals surface area contributed by atoms with Gasteiger partial charge < -0.3 is 9.30 Å². The lowest BCUT2D eigenvalue weighted by atomic mass is 10.0. The van der Waals surface area contributed by atoms with Crippen LogP contribution in [0.25, 0.3) is 0 Å². The minimum Gasteiger partial charge on any atom is -0.494 e. The summed E-state index contributed by atoms with van der Waals surface area (Å²) < 4.78 is 7.79. The molecule has 0 aliphatic rings. The van der Waals surface area contributed by atoms with Crippen molar-refractivity contribution in [1.82, 2.24) is 9.55 Å². The number of ketones is 1. The molecule has 2 aromatic carbocycles. The quantitative estimate of drug-likeness (QED) is 0.466. The average molecular weight is 320 g/mol. The number of aryl methyl sites for hydroxylation is 1. The van der Waals surface area contributed by atoms with Gasteiger partial charge in [0.05, 0.1) is 12.9 Å². The van der Waals surface area contributed by atoms with Gasteiger partial charge in [-0.15, -0.1) is 0 Å². The normalized spacial score (nSPS) is 10.5. The summed E-state index contributed by atoms with van der Waals surface area (Å²) in [5, 5.41) is 0. The molecule has 0 radical (unpaired) electrons. The van der Waals surface area contributed by atoms with Crippen molar-refractivity contribution in [2.45, 2.75) is 19.4 Å². The maximum Gasteiger partial charge on any atom is 0.193 e. The first-order valence-electron chi connectivity index (χ1n) is 8.11. The highest BCUT2D eigenvalue weighted by Gasteiger charge is 2.08. The molecule has 0 atom stereocenters. The predicted octanol–water partition coefficient (Wildman–Crippen LogP) is 3.97. The van der Waals surface area contributed by atoms with E-state index in [1.165, 1.54) is 0 Å². The van der Waals surface area contributed by atoms with Gasteiger partial charge in [-0.3, -0.25) is 4.79 Å². The van der Waals surface area contributed by atoms with E-state index in [0.717, 1.165) is 25.1 Å². The molecule has 0 saturated heterocycles. The van der Waals surface area contributed by atoms with Gasteiger partial charge in [-0.25, -0.2) is 4.98 Å². The van der Waals surface area contributed by atoms with Gasteiger partial charge in [0.2, 0.25) is 0 Å². The van der Waals surface area contributed by atoms with Crippen molar-refractivity contribution in [3.05, 3.63) is 84.4 Å². The first-order valence-corrected chi connectivity index (χ1v) is 8.11. The van der Waals surface area contributed by atoms with E-state index < -0.39 is 0 Å². The SMILES string of the molecule is O=C(c1ccccc1)c1ccc(OCCCCn2ccnc2)cc1. The van der Waals surface area contributed by atoms with Crippen LogP contribution in [0.4, 0.5) is 0 Å². The lowest BCUT2D eigenvalue weighted by Gasteiger charge is -2.07. The van der Waals surface area contributed by atoms with Crippen molar-refractivity contribution < 1.29 is 9.53 Å². The number of carbonyl (C=O) groups excluding carboxylic acids is 1. The van der Waals surface area contributed by atoms with Gasteiger partial charge in [-0.2, -0.15) is 0 Å². The standard InChI is InChI=1S/C20H20N2O2/c23-20(17-6-2-1-3-7-17)18-8-10-19(11-9-18)24-15-5-4-13-22-14-12-21-16-22/h1-3,6-12,14,16H,4-5,13,15H2. The fourth-order valence-corrected chi connectivity index (χ4v) is 2.46. The average Bonchev–Trinajstić information content (AvgIpc) is 3.16. The van der Waals surface area contributed by atoms with Crippen LogP contribution in [-0.2, 0) is 6.54 Å². The van der Waals surface area contributed by atoms with E-state index in [2.05, 4.69) is 9.55 Å². The molecule has 122 valence electrons. The van der Waals surface area contributed by atoms with Crippen molar-refractivity contribution in [2.75, 3.05) is 6.61 Å². The number of hydrogen-bond donors (Lipinski definition) is 0. The van der Waals surface area contributed by atoms with Crippen molar-refractivity contribution in [2.24, 2.45) is 0 Å². The number of carbonyl (C=O) groups is 1. The molecule has 0 aliphatic heterocycles. The number of imidazole rings is 1. The van der Waals surface area contributed by atoms with Crippen LogP contribution in [0.1, 0.15) is 28.8 Å². The summed E-state index contributed by atoms with van der Waals surface area (Å²) in [4.78, 5) is 16.3. The molecule has 0 saturated carbocycles. The van der Waals surface area contributed by atoms with Gasteiger partial charge in [0.15, 0.2) is 5.78 Å². The molecule has 4 heteroatoms. The highest BCUT2D eigenvalue weighted by Crippen LogP contribution is 2.16. The van der Waals surface area contributed by atoms with Crippen molar-refractivity contribution in [3.8, 4) is 5.75 Å². The summed E-state index contributed by atoms with van der Waals surface area (Å²) in [6.07, 6.45) is 7.59. The molecule has 0 bridgehead atoms. The minimum atomic E-state index is 0.0301. The van der Waals surface area contributed by atoms with Crippen molar-refractivity contribution in [1.29, 1.82) is 0 Å². The monoisotopic (exact) mass is 320 g/mol. The van der Waals surface area contributed by atoms with E-state index in [1.807, 2.05) is 67.1 Å². The molecule has 0 unspecified atom stereocenters. The van der Waals surface area contributed by atoms with Crippen molar-refractivity contribution >= 4 is 5.78 Å². The van der Waals surface area contributed by atoms with Gasteiger partial charge in [0, 0.05) is 30.1 Å². The van der Waals surface area contributed by atoms with Gasteiger partial charge in [0.1, 0.15) is 5.75 Å². The fraction of sp³-hybridized carbons (Fsp3) is 0.200. The Kier molecular flexibility index (Phi) is 5.40. The maximum absolute atomic E-state index is 12.3. The van der Waals surface area contributed by atoms with Crippen LogP contribution in [0, 0.1) is 0 Å². The maximum atomic E-state index is 12.3. The summed E-state index contributed by atoms with van der Waals surface area (Å²) in [5.41, 5.74) is 1.37. The largest absolute Gasteiger partial charge is 0.494 e. The smallest absolute Gasteiger partial charge is 0.193 e. The van der Waals surface area contributed by atoms with Crippen LogP contribution in [0.3, 0.4) is 0 Å². The molecule has 3 rings (SSSR count). The Morgan fingerprint density at radius 1 is 0.958 bits per heavy atom. The summed E-state index contributed by atoms with van der Waals surface area (Å²) in [6, 6.07) is 16.6. The molecule has 0 N–H and O–H groups in total. The number of hydrogen-bond acceptors (Lipinski definition) is 3. The Morgan fingerprint density at radius 2 is 1.71 bits per heavy atom. The minimum absolute atomic E-state index is 0.0301. The zero-order valence-electron chi connectivity index (χ0n) is 13.5. The summed E-state index contributed by atoms with van der Waals surface area (Å²) >= 11 is 0. The first kappa shape index (κ1) is 16.0. The summed E-state index contributed by atoms with van der Waals surface area (Å²) in [6.45, 7) is 1.62. The van der Waals surface area contributed by atoms with E-state index in [1.54, 1.807) is 6.20 Å². The number of nitrogens with zero attached hydrogens (tertiary/aromatic N) is 2. The van der Waals surface area contributed by atoms with Crippen LogP contribution in [0.15, 0.2) is 73.3 Å². The molecule has 0 spiro atoms. The summed E-state index contributed by atoms with van der Waals surface area (Å²) in [5.74, 6) is 0.824. The Balaban J connectivity index is 1.45. The van der Waals surface area contributed by atoms with E-state index in [-0.39, 0.29) is 5.78 Å². The van der Waals surface area contributed by atoms with E-state index >= 15 is 0 Å². The molecule has 0 aliphatic carbocycles. The van der Waals surface area contributed by atoms with Gasteiger partial charge in [0.25, 0.3) is 0 Å². The van der Waals surface area contributed by atoms with Crippen LogP contribution < -0.4 is 4.74 Å². The highest BCUT2D eigenvalue weighted by molar-refractivity contribution is 6.08. The van der Waals surface area contributed by atoms with Crippen LogP contribution >= 0.6 is 0 Å². The number of unbranched alkanes of at least 4 members (excludes halogenated alkanes) is 1. The lowest BCUT2D eigenvalue weighted by molar-refractivity contribution is 0.103. The zero-order chi connectivity index (χ0) is 16.6. The Labute approximate surface area is 141 Å². The van der Waals surface area contributed by atoms with Gasteiger partial charge in [-0.1, -0.05) is 30.3 Å². The first-order chi connectivity index (χ1) is 11.8. The zero-order valence-corrected chi connectivity index (χ0v) is 13.5. The highest BCUT2D eigenvalue weighted by atomic mass is 16.5. The van der Waals surface area contributed by atoms with Gasteiger partial charge in [-0.05, 0) is 37.1 Å². The second-order valence-electron chi connectivity index (χ2n) is 5.58. The van der Waals surface area contributed by atoms with Crippen molar-refractivity contribution in [3.63, 3.8) is 0 Å². The molecule has 0 amide bonds. The second-order valence-corrected chi connectivity index (χ2v) is 5.58. The van der Waals surface area contributed by atoms with Gasteiger partial charge >= 0.3 is 0 Å². The Hall–Kier alpha value is -2.88. The third-order valence-electron chi connectivity index (χ3n) is 3.79. The molecular weight excluding hydrogens is 300 g/mol. The van der Waals surface area contributed by atoms with Crippen LogP contribution in [0.5, 0.6) is 5.75 Å². The Bertz CT molecular complexity index is 750. The summed E-state index contributed by atoms with van der Waals surface area (Å²) in [7, 11) is 0. The molecule has 4 nitrogen and oxygen atoms in total. The number of rotatable bonds is 8. The van der Waals surface area contributed by atoms with E-state index in [4.69, 9.17) is 4.74 Å². The second kappa shape index (κ2) is 8.11. The third kappa shape index (κ3) is 4.32.